The minimum absolute atomic E-state index is 0.0928. The number of nitrogens with zero attached hydrogens (tertiary/aromatic N) is 2. The highest BCUT2D eigenvalue weighted by Gasteiger charge is 2.17. The number of H-pyrrole nitrogens is 1. The van der Waals surface area contributed by atoms with E-state index in [9.17, 15) is 4.79 Å². The van der Waals surface area contributed by atoms with Crippen molar-refractivity contribution in [1.82, 2.24) is 14.9 Å². The van der Waals surface area contributed by atoms with Crippen molar-refractivity contribution in [2.75, 3.05) is 13.1 Å². The summed E-state index contributed by atoms with van der Waals surface area (Å²) in [7, 11) is 0. The fourth-order valence-corrected chi connectivity index (χ4v) is 2.21. The molecule has 92 valence electrons. The van der Waals surface area contributed by atoms with Gasteiger partial charge in [-0.2, -0.15) is 0 Å². The Morgan fingerprint density at radius 2 is 2.33 bits per heavy atom. The van der Waals surface area contributed by atoms with Crippen LogP contribution in [0.2, 0.25) is 0 Å². The molecule has 1 aromatic heterocycles. The zero-order valence-electron chi connectivity index (χ0n) is 10.3. The van der Waals surface area contributed by atoms with Crippen LogP contribution in [0.3, 0.4) is 0 Å². The van der Waals surface area contributed by atoms with Crippen molar-refractivity contribution >= 4 is 16.9 Å². The summed E-state index contributed by atoms with van der Waals surface area (Å²) in [4.78, 5) is 21.4. The first-order valence-corrected chi connectivity index (χ1v) is 6.12. The molecule has 3 rings (SSSR count). The van der Waals surface area contributed by atoms with Crippen molar-refractivity contribution in [3.05, 3.63) is 41.7 Å². The molecule has 1 N–H and O–H groups in total. The maximum atomic E-state index is 12.3. The molecular weight excluding hydrogens is 226 g/mol. The van der Waals surface area contributed by atoms with Gasteiger partial charge in [0.1, 0.15) is 0 Å². The highest BCUT2D eigenvalue weighted by molar-refractivity contribution is 5.97. The Hall–Kier alpha value is -2.10. The maximum absolute atomic E-state index is 12.3. The van der Waals surface area contributed by atoms with E-state index in [-0.39, 0.29) is 5.91 Å². The minimum Gasteiger partial charge on any atom is -0.345 e. The number of carbonyl (C=O) groups is 1. The fraction of sp³-hybridized carbons (Fsp3) is 0.286. The first-order chi connectivity index (χ1) is 8.74. The Balaban J connectivity index is 1.87. The van der Waals surface area contributed by atoms with Gasteiger partial charge >= 0.3 is 0 Å². The van der Waals surface area contributed by atoms with Crippen LogP contribution in [0.5, 0.6) is 0 Å². The topological polar surface area (TPSA) is 49.0 Å². The predicted octanol–water partition coefficient (Wildman–Crippen LogP) is 2.36. The fourth-order valence-electron chi connectivity index (χ4n) is 2.21. The third kappa shape index (κ3) is 1.90. The summed E-state index contributed by atoms with van der Waals surface area (Å²) >= 11 is 0. The van der Waals surface area contributed by atoms with Gasteiger partial charge in [0.05, 0.1) is 17.4 Å². The number of rotatable bonds is 1. The third-order valence-electron chi connectivity index (χ3n) is 3.39. The lowest BCUT2D eigenvalue weighted by Gasteiger charge is -2.25. The van der Waals surface area contributed by atoms with Crippen LogP contribution in [0.25, 0.3) is 11.0 Å². The molecule has 0 radical (unpaired) electrons. The van der Waals surface area contributed by atoms with Crippen molar-refractivity contribution in [2.45, 2.75) is 13.3 Å². The molecule has 1 aromatic carbocycles. The Labute approximate surface area is 105 Å². The standard InChI is InChI=1S/C14H15N3O/c1-10-4-6-17(7-5-10)14(18)11-2-3-12-13(8-11)16-9-15-12/h2-4,8-9H,5-7H2,1H3,(H,15,16). The quantitative estimate of drug-likeness (QED) is 0.779. The molecule has 4 heteroatoms. The number of nitrogens with one attached hydrogen (secondary N) is 1. The summed E-state index contributed by atoms with van der Waals surface area (Å²) in [5, 5.41) is 0. The molecule has 0 saturated heterocycles. The first-order valence-electron chi connectivity index (χ1n) is 6.12. The second kappa shape index (κ2) is 4.29. The first kappa shape index (κ1) is 11.0. The average Bonchev–Trinajstić information content (AvgIpc) is 2.86. The summed E-state index contributed by atoms with van der Waals surface area (Å²) < 4.78 is 0. The van der Waals surface area contributed by atoms with Crippen LogP contribution < -0.4 is 0 Å². The Bertz CT molecular complexity index is 627. The molecule has 0 atom stereocenters. The molecule has 0 bridgehead atoms. The van der Waals surface area contributed by atoms with Gasteiger partial charge in [-0.25, -0.2) is 4.98 Å². The summed E-state index contributed by atoms with van der Waals surface area (Å²) in [6.45, 7) is 3.63. The molecule has 0 fully saturated rings. The highest BCUT2D eigenvalue weighted by atomic mass is 16.2. The average molecular weight is 241 g/mol. The van der Waals surface area contributed by atoms with Gasteiger partial charge in [-0.1, -0.05) is 11.6 Å². The van der Waals surface area contributed by atoms with Gasteiger partial charge in [0.25, 0.3) is 5.91 Å². The SMILES string of the molecule is CC1=CCN(C(=O)c2ccc3nc[nH]c3c2)CC1. The summed E-state index contributed by atoms with van der Waals surface area (Å²) in [5.74, 6) is 0.0928. The summed E-state index contributed by atoms with van der Waals surface area (Å²) in [6, 6.07) is 5.59. The molecule has 4 nitrogen and oxygen atoms in total. The molecule has 1 aliphatic heterocycles. The van der Waals surface area contributed by atoms with E-state index in [1.54, 1.807) is 6.33 Å². The van der Waals surface area contributed by atoms with Crippen LogP contribution in [-0.2, 0) is 0 Å². The second-order valence-corrected chi connectivity index (χ2v) is 4.69. The number of aromatic nitrogens is 2. The zero-order valence-corrected chi connectivity index (χ0v) is 10.3. The summed E-state index contributed by atoms with van der Waals surface area (Å²) in [6.07, 6.45) is 4.74. The van der Waals surface area contributed by atoms with E-state index in [0.717, 1.165) is 29.6 Å². The van der Waals surface area contributed by atoms with E-state index < -0.39 is 0 Å². The molecule has 1 aliphatic rings. The lowest BCUT2D eigenvalue weighted by Crippen LogP contribution is -2.34. The second-order valence-electron chi connectivity index (χ2n) is 4.69. The van der Waals surface area contributed by atoms with Gasteiger partial charge in [-0.15, -0.1) is 0 Å². The Kier molecular flexibility index (Phi) is 2.63. The van der Waals surface area contributed by atoms with E-state index in [2.05, 4.69) is 23.0 Å². The number of aromatic amines is 1. The van der Waals surface area contributed by atoms with Crippen molar-refractivity contribution in [2.24, 2.45) is 0 Å². The van der Waals surface area contributed by atoms with Crippen LogP contribution in [0, 0.1) is 0 Å². The van der Waals surface area contributed by atoms with Gasteiger partial charge in [-0.3, -0.25) is 4.79 Å². The number of benzene rings is 1. The Morgan fingerprint density at radius 3 is 3.11 bits per heavy atom. The van der Waals surface area contributed by atoms with Crippen molar-refractivity contribution in [3.8, 4) is 0 Å². The zero-order chi connectivity index (χ0) is 12.5. The minimum atomic E-state index is 0.0928. The van der Waals surface area contributed by atoms with E-state index in [1.165, 1.54) is 5.57 Å². The van der Waals surface area contributed by atoms with E-state index in [4.69, 9.17) is 0 Å². The van der Waals surface area contributed by atoms with Crippen LogP contribution in [-0.4, -0.2) is 33.9 Å². The monoisotopic (exact) mass is 241 g/mol. The Morgan fingerprint density at radius 1 is 1.44 bits per heavy atom. The van der Waals surface area contributed by atoms with Gasteiger partial charge in [0.15, 0.2) is 0 Å². The molecule has 2 aromatic rings. The number of amides is 1. The van der Waals surface area contributed by atoms with Gasteiger partial charge in [0, 0.05) is 18.7 Å². The van der Waals surface area contributed by atoms with Crippen molar-refractivity contribution in [1.29, 1.82) is 0 Å². The normalized spacial score (nSPS) is 15.8. The van der Waals surface area contributed by atoms with Crippen molar-refractivity contribution < 1.29 is 4.79 Å². The maximum Gasteiger partial charge on any atom is 0.254 e. The number of hydrogen-bond acceptors (Lipinski definition) is 2. The molecule has 18 heavy (non-hydrogen) atoms. The van der Waals surface area contributed by atoms with E-state index >= 15 is 0 Å². The molecule has 2 heterocycles. The van der Waals surface area contributed by atoms with Crippen LogP contribution in [0.4, 0.5) is 0 Å². The number of hydrogen-bond donors (Lipinski definition) is 1. The predicted molar refractivity (Wildman–Crippen MR) is 70.4 cm³/mol. The molecule has 0 aliphatic carbocycles. The molecule has 1 amide bonds. The number of imidazole rings is 1. The molecule has 0 unspecified atom stereocenters. The number of carbonyl (C=O) groups excluding carboxylic acids is 1. The van der Waals surface area contributed by atoms with Gasteiger partial charge in [0.2, 0.25) is 0 Å². The number of fused-ring (bicyclic) bond motifs is 1. The molecule has 0 saturated carbocycles. The largest absolute Gasteiger partial charge is 0.345 e. The summed E-state index contributed by atoms with van der Waals surface area (Å²) in [5.41, 5.74) is 3.88. The van der Waals surface area contributed by atoms with Crippen LogP contribution in [0.1, 0.15) is 23.7 Å². The molecular formula is C14H15N3O. The van der Waals surface area contributed by atoms with Crippen molar-refractivity contribution in [3.63, 3.8) is 0 Å². The smallest absolute Gasteiger partial charge is 0.254 e. The lowest BCUT2D eigenvalue weighted by atomic mass is 10.1. The van der Waals surface area contributed by atoms with Gasteiger partial charge in [-0.05, 0) is 31.5 Å². The molecule has 0 spiro atoms. The van der Waals surface area contributed by atoms with Crippen LogP contribution >= 0.6 is 0 Å². The lowest BCUT2D eigenvalue weighted by molar-refractivity contribution is 0.0769. The third-order valence-corrected chi connectivity index (χ3v) is 3.39. The highest BCUT2D eigenvalue weighted by Crippen LogP contribution is 2.16. The van der Waals surface area contributed by atoms with E-state index in [1.807, 2.05) is 23.1 Å². The van der Waals surface area contributed by atoms with E-state index in [0.29, 0.717) is 6.54 Å². The van der Waals surface area contributed by atoms with Gasteiger partial charge < -0.3 is 9.88 Å². The van der Waals surface area contributed by atoms with Crippen LogP contribution in [0.15, 0.2) is 36.2 Å².